The third kappa shape index (κ3) is 6.36. The first-order valence-electron chi connectivity index (χ1n) is 6.96. The molecule has 136 valence electrons. The number of hydrogen-bond donors (Lipinski definition) is 1. The smallest absolute Gasteiger partial charge is 0.383 e. The minimum Gasteiger partial charge on any atom is -0.383 e. The van der Waals surface area contributed by atoms with Crippen molar-refractivity contribution in [3.63, 3.8) is 0 Å². The monoisotopic (exact) mass is 368 g/mol. The molecule has 6 nitrogen and oxygen atoms in total. The van der Waals surface area contributed by atoms with Crippen LogP contribution in [0.15, 0.2) is 24.3 Å². The maximum Gasteiger partial charge on any atom is 0.416 e. The number of carbonyl (C=O) groups is 1. The van der Waals surface area contributed by atoms with Crippen LogP contribution in [0.1, 0.15) is 12.0 Å². The van der Waals surface area contributed by atoms with E-state index in [1.807, 2.05) is 0 Å². The van der Waals surface area contributed by atoms with Gasteiger partial charge in [-0.05, 0) is 18.2 Å². The lowest BCUT2D eigenvalue weighted by Gasteiger charge is -2.23. The number of carbonyl (C=O) groups excluding carboxylic acids is 1. The van der Waals surface area contributed by atoms with Gasteiger partial charge in [-0.1, -0.05) is 6.07 Å². The van der Waals surface area contributed by atoms with Gasteiger partial charge in [0.15, 0.2) is 0 Å². The third-order valence-electron chi connectivity index (χ3n) is 3.03. The van der Waals surface area contributed by atoms with E-state index in [1.54, 1.807) is 0 Å². The maximum atomic E-state index is 12.8. The lowest BCUT2D eigenvalue weighted by Crippen LogP contribution is -2.35. The number of anilines is 1. The fourth-order valence-electron chi connectivity index (χ4n) is 1.91. The van der Waals surface area contributed by atoms with Crippen molar-refractivity contribution in [2.24, 2.45) is 0 Å². The first-order valence-corrected chi connectivity index (χ1v) is 8.81. The lowest BCUT2D eigenvalue weighted by molar-refractivity contribution is -0.137. The van der Waals surface area contributed by atoms with Crippen LogP contribution in [0.3, 0.4) is 0 Å². The van der Waals surface area contributed by atoms with Crippen LogP contribution < -0.4 is 9.62 Å². The Kier molecular flexibility index (Phi) is 7.03. The van der Waals surface area contributed by atoms with E-state index in [2.05, 4.69) is 5.32 Å². The molecule has 0 spiro atoms. The van der Waals surface area contributed by atoms with Crippen molar-refractivity contribution in [1.29, 1.82) is 0 Å². The van der Waals surface area contributed by atoms with Crippen molar-refractivity contribution in [3.05, 3.63) is 29.8 Å². The predicted octanol–water partition coefficient (Wildman–Crippen LogP) is 1.62. The summed E-state index contributed by atoms with van der Waals surface area (Å²) in [5.41, 5.74) is -1.10. The van der Waals surface area contributed by atoms with Gasteiger partial charge in [0, 0.05) is 26.6 Å². The molecule has 0 radical (unpaired) electrons. The number of methoxy groups -OCH3 is 1. The van der Waals surface area contributed by atoms with E-state index in [0.29, 0.717) is 6.61 Å². The molecule has 0 unspecified atom stereocenters. The van der Waals surface area contributed by atoms with Gasteiger partial charge in [0.2, 0.25) is 15.9 Å². The van der Waals surface area contributed by atoms with E-state index in [4.69, 9.17) is 4.74 Å². The topological polar surface area (TPSA) is 75.7 Å². The molecule has 0 aliphatic rings. The standard InChI is InChI=1S/C14H19F3N2O4S/c1-23-9-7-18-13(20)6-8-19(24(2,21)22)12-5-3-4-11(10-12)14(15,16)17/h3-5,10H,6-9H2,1-2H3,(H,18,20). The molecule has 0 saturated carbocycles. The van der Waals surface area contributed by atoms with E-state index in [-0.39, 0.29) is 25.2 Å². The summed E-state index contributed by atoms with van der Waals surface area (Å²) >= 11 is 0. The second-order valence-corrected chi connectivity index (χ2v) is 6.88. The van der Waals surface area contributed by atoms with Gasteiger partial charge in [-0.25, -0.2) is 8.42 Å². The SMILES string of the molecule is COCCNC(=O)CCN(c1cccc(C(F)(F)F)c1)S(C)(=O)=O. The van der Waals surface area contributed by atoms with E-state index in [1.165, 1.54) is 13.2 Å². The van der Waals surface area contributed by atoms with Crippen LogP contribution in [0, 0.1) is 0 Å². The minimum absolute atomic E-state index is 0.142. The van der Waals surface area contributed by atoms with Gasteiger partial charge in [0.1, 0.15) is 0 Å². The zero-order valence-corrected chi connectivity index (χ0v) is 14.1. The fraction of sp³-hybridized carbons (Fsp3) is 0.500. The summed E-state index contributed by atoms with van der Waals surface area (Å²) in [6.45, 7) is 0.298. The Bertz CT molecular complexity index is 662. The highest BCUT2D eigenvalue weighted by atomic mass is 32.2. The van der Waals surface area contributed by atoms with Crippen molar-refractivity contribution in [2.45, 2.75) is 12.6 Å². The molecule has 1 aromatic carbocycles. The molecule has 0 aromatic heterocycles. The molecule has 0 aliphatic heterocycles. The van der Waals surface area contributed by atoms with Crippen LogP contribution >= 0.6 is 0 Å². The van der Waals surface area contributed by atoms with Gasteiger partial charge >= 0.3 is 6.18 Å². The highest BCUT2D eigenvalue weighted by Gasteiger charge is 2.31. The summed E-state index contributed by atoms with van der Waals surface area (Å²) in [7, 11) is -2.38. The maximum absolute atomic E-state index is 12.8. The molecule has 0 bridgehead atoms. The average molecular weight is 368 g/mol. The van der Waals surface area contributed by atoms with Gasteiger partial charge in [-0.3, -0.25) is 9.10 Å². The van der Waals surface area contributed by atoms with Gasteiger partial charge in [-0.15, -0.1) is 0 Å². The van der Waals surface area contributed by atoms with Gasteiger partial charge < -0.3 is 10.1 Å². The Hall–Kier alpha value is -1.81. The predicted molar refractivity (Wildman–Crippen MR) is 83.1 cm³/mol. The van der Waals surface area contributed by atoms with Crippen LogP contribution in [-0.4, -0.2) is 47.4 Å². The number of halogens is 3. The summed E-state index contributed by atoms with van der Waals surface area (Å²) in [5.74, 6) is -0.423. The van der Waals surface area contributed by atoms with Crippen molar-refractivity contribution < 1.29 is 31.1 Å². The van der Waals surface area contributed by atoms with Gasteiger partial charge in [0.05, 0.1) is 24.1 Å². The van der Waals surface area contributed by atoms with Crippen molar-refractivity contribution in [1.82, 2.24) is 5.32 Å². The Balaban J connectivity index is 2.90. The average Bonchev–Trinajstić information content (AvgIpc) is 2.46. The fourth-order valence-corrected chi connectivity index (χ4v) is 2.83. The second-order valence-electron chi connectivity index (χ2n) is 4.98. The molecule has 1 rings (SSSR count). The molecular formula is C14H19F3N2O4S. The highest BCUT2D eigenvalue weighted by molar-refractivity contribution is 7.92. The molecule has 1 N–H and O–H groups in total. The summed E-state index contributed by atoms with van der Waals surface area (Å²) in [6.07, 6.45) is -3.90. The molecule has 0 atom stereocenters. The van der Waals surface area contributed by atoms with Crippen LogP contribution in [0.2, 0.25) is 0 Å². The van der Waals surface area contributed by atoms with Crippen LogP contribution in [0.5, 0.6) is 0 Å². The molecule has 10 heteroatoms. The highest BCUT2D eigenvalue weighted by Crippen LogP contribution is 2.32. The molecule has 1 amide bonds. The zero-order valence-electron chi connectivity index (χ0n) is 13.3. The number of nitrogens with one attached hydrogen (secondary N) is 1. The molecular weight excluding hydrogens is 349 g/mol. The zero-order chi connectivity index (χ0) is 18.4. The summed E-state index contributed by atoms with van der Waals surface area (Å²) in [4.78, 5) is 11.6. The van der Waals surface area contributed by atoms with Crippen LogP contribution in [-0.2, 0) is 25.7 Å². The third-order valence-corrected chi connectivity index (χ3v) is 4.23. The number of hydrogen-bond acceptors (Lipinski definition) is 4. The minimum atomic E-state index is -4.59. The van der Waals surface area contributed by atoms with Crippen LogP contribution in [0.25, 0.3) is 0 Å². The summed E-state index contributed by atoms with van der Waals surface area (Å²) in [6, 6.07) is 3.96. The Morgan fingerprint density at radius 2 is 2.00 bits per heavy atom. The number of benzene rings is 1. The number of amides is 1. The van der Waals surface area contributed by atoms with E-state index in [0.717, 1.165) is 28.8 Å². The number of nitrogens with zero attached hydrogens (tertiary/aromatic N) is 1. The van der Waals surface area contributed by atoms with Crippen molar-refractivity contribution >= 4 is 21.6 Å². The Morgan fingerprint density at radius 3 is 2.54 bits per heavy atom. The Labute approximate surface area is 138 Å². The van der Waals surface area contributed by atoms with Crippen LogP contribution in [0.4, 0.5) is 18.9 Å². The van der Waals surface area contributed by atoms with Gasteiger partial charge in [-0.2, -0.15) is 13.2 Å². The first-order chi connectivity index (χ1) is 11.1. The van der Waals surface area contributed by atoms with Crippen molar-refractivity contribution in [2.75, 3.05) is 37.4 Å². The number of rotatable bonds is 8. The van der Waals surface area contributed by atoms with E-state index < -0.39 is 27.7 Å². The normalized spacial score (nSPS) is 12.0. The van der Waals surface area contributed by atoms with E-state index in [9.17, 15) is 26.4 Å². The second kappa shape index (κ2) is 8.34. The van der Waals surface area contributed by atoms with Crippen molar-refractivity contribution in [3.8, 4) is 0 Å². The number of ether oxygens (including phenoxy) is 1. The number of alkyl halides is 3. The molecule has 1 aromatic rings. The lowest BCUT2D eigenvalue weighted by atomic mass is 10.2. The summed E-state index contributed by atoms with van der Waals surface area (Å²) in [5, 5.41) is 2.51. The largest absolute Gasteiger partial charge is 0.416 e. The number of sulfonamides is 1. The molecule has 0 aliphatic carbocycles. The van der Waals surface area contributed by atoms with E-state index >= 15 is 0 Å². The Morgan fingerprint density at radius 1 is 1.33 bits per heavy atom. The quantitative estimate of drug-likeness (QED) is 0.708. The summed E-state index contributed by atoms with van der Waals surface area (Å²) < 4.78 is 67.6. The molecule has 0 saturated heterocycles. The molecule has 24 heavy (non-hydrogen) atoms. The molecule has 0 heterocycles. The van der Waals surface area contributed by atoms with Gasteiger partial charge in [0.25, 0.3) is 0 Å². The molecule has 0 fully saturated rings. The first kappa shape index (κ1) is 20.2.